The number of aliphatic hydroxyl groups is 1. The first-order chi connectivity index (χ1) is 9.29. The lowest BCUT2D eigenvalue weighted by Gasteiger charge is -2.10. The lowest BCUT2D eigenvalue weighted by molar-refractivity contribution is -0.384. The molecule has 0 amide bonds. The molecule has 0 aromatic carbocycles. The molecule has 0 spiro atoms. The van der Waals surface area contributed by atoms with E-state index in [4.69, 9.17) is 11.6 Å². The van der Waals surface area contributed by atoms with Crippen LogP contribution in [0.4, 0.5) is 5.69 Å². The number of nitrogens with one attached hydrogen (secondary N) is 1. The minimum atomic E-state index is -3.80. The predicted octanol–water partition coefficient (Wildman–Crippen LogP) is 1.75. The van der Waals surface area contributed by atoms with Crippen LogP contribution in [0.5, 0.6) is 0 Å². The molecule has 112 valence electrons. The summed E-state index contributed by atoms with van der Waals surface area (Å²) in [6, 6.07) is 0.957. The van der Waals surface area contributed by atoms with Crippen LogP contribution in [0.3, 0.4) is 0 Å². The van der Waals surface area contributed by atoms with E-state index in [-0.39, 0.29) is 27.1 Å². The molecular formula is C10H13ClN2O5S2. The third-order valence-electron chi connectivity index (χ3n) is 3.18. The number of thiophene rings is 1. The molecule has 10 heteroatoms. The third kappa shape index (κ3) is 3.47. The van der Waals surface area contributed by atoms with Gasteiger partial charge in [0.15, 0.2) is 4.34 Å². The van der Waals surface area contributed by atoms with E-state index in [1.165, 1.54) is 0 Å². The van der Waals surface area contributed by atoms with E-state index >= 15 is 0 Å². The largest absolute Gasteiger partial charge is 0.393 e. The first kappa shape index (κ1) is 15.6. The van der Waals surface area contributed by atoms with Gasteiger partial charge in [-0.25, -0.2) is 13.1 Å². The Kier molecular flexibility index (Phi) is 4.65. The van der Waals surface area contributed by atoms with Crippen LogP contribution < -0.4 is 4.72 Å². The summed E-state index contributed by atoms with van der Waals surface area (Å²) < 4.78 is 26.1. The van der Waals surface area contributed by atoms with Crippen molar-refractivity contribution in [2.75, 3.05) is 6.54 Å². The summed E-state index contributed by atoms with van der Waals surface area (Å²) in [5.74, 6) is 0.0881. The van der Waals surface area contributed by atoms with Gasteiger partial charge in [0, 0.05) is 12.6 Å². The second-order valence-corrected chi connectivity index (χ2v) is 8.31. The van der Waals surface area contributed by atoms with Crippen molar-refractivity contribution in [2.24, 2.45) is 5.92 Å². The molecule has 0 radical (unpaired) electrons. The topological polar surface area (TPSA) is 110 Å². The van der Waals surface area contributed by atoms with Gasteiger partial charge in [-0.05, 0) is 25.2 Å². The first-order valence-corrected chi connectivity index (χ1v) is 8.59. The monoisotopic (exact) mass is 340 g/mol. The molecular weight excluding hydrogens is 328 g/mol. The van der Waals surface area contributed by atoms with Crippen LogP contribution in [-0.4, -0.2) is 31.1 Å². The van der Waals surface area contributed by atoms with Gasteiger partial charge in [-0.1, -0.05) is 11.6 Å². The lowest BCUT2D eigenvalue weighted by atomic mass is 10.1. The third-order valence-corrected chi connectivity index (χ3v) is 6.42. The molecule has 1 aromatic rings. The van der Waals surface area contributed by atoms with E-state index in [9.17, 15) is 23.6 Å². The van der Waals surface area contributed by atoms with Gasteiger partial charge < -0.3 is 5.11 Å². The van der Waals surface area contributed by atoms with Crippen molar-refractivity contribution in [1.29, 1.82) is 0 Å². The number of sulfonamides is 1. The molecule has 2 unspecified atom stereocenters. The number of nitrogens with zero attached hydrogens (tertiary/aromatic N) is 1. The molecule has 1 aliphatic rings. The molecule has 7 nitrogen and oxygen atoms in total. The molecule has 2 rings (SSSR count). The van der Waals surface area contributed by atoms with Crippen molar-refractivity contribution in [1.82, 2.24) is 4.72 Å². The van der Waals surface area contributed by atoms with Crippen LogP contribution in [0, 0.1) is 16.0 Å². The molecule has 2 atom stereocenters. The number of halogens is 1. The Bertz CT molecular complexity index is 615. The van der Waals surface area contributed by atoms with Crippen LogP contribution in [-0.2, 0) is 10.0 Å². The Morgan fingerprint density at radius 2 is 2.25 bits per heavy atom. The van der Waals surface area contributed by atoms with Crippen molar-refractivity contribution in [3.8, 4) is 0 Å². The highest BCUT2D eigenvalue weighted by atomic mass is 35.5. The summed E-state index contributed by atoms with van der Waals surface area (Å²) in [6.07, 6.45) is 1.62. The summed E-state index contributed by atoms with van der Waals surface area (Å²) in [7, 11) is -3.80. The highest BCUT2D eigenvalue weighted by Gasteiger charge is 2.28. The van der Waals surface area contributed by atoms with Crippen molar-refractivity contribution < 1.29 is 18.4 Å². The maximum Gasteiger partial charge on any atom is 0.300 e. The Labute approximate surface area is 124 Å². The molecule has 1 heterocycles. The highest BCUT2D eigenvalue weighted by molar-refractivity contribution is 7.91. The van der Waals surface area contributed by atoms with E-state index in [2.05, 4.69) is 4.72 Å². The van der Waals surface area contributed by atoms with Gasteiger partial charge in [0.2, 0.25) is 10.0 Å². The Morgan fingerprint density at radius 3 is 2.75 bits per heavy atom. The average Bonchev–Trinajstić information content (AvgIpc) is 2.93. The Hall–Kier alpha value is -0.740. The van der Waals surface area contributed by atoms with Crippen molar-refractivity contribution >= 4 is 38.6 Å². The number of aliphatic hydroxyl groups excluding tert-OH is 1. The molecule has 0 bridgehead atoms. The van der Waals surface area contributed by atoms with Gasteiger partial charge in [0.1, 0.15) is 4.21 Å². The van der Waals surface area contributed by atoms with Crippen LogP contribution in [0.1, 0.15) is 19.3 Å². The fourth-order valence-electron chi connectivity index (χ4n) is 2.13. The number of hydrogen-bond donors (Lipinski definition) is 2. The quantitative estimate of drug-likeness (QED) is 0.626. The Morgan fingerprint density at radius 1 is 1.55 bits per heavy atom. The van der Waals surface area contributed by atoms with E-state index < -0.39 is 20.6 Å². The number of hydrogen-bond acceptors (Lipinski definition) is 6. The van der Waals surface area contributed by atoms with Crippen LogP contribution in [0.25, 0.3) is 0 Å². The van der Waals surface area contributed by atoms with Crippen molar-refractivity contribution in [3.63, 3.8) is 0 Å². The predicted molar refractivity (Wildman–Crippen MR) is 74.5 cm³/mol. The molecule has 1 aromatic heterocycles. The van der Waals surface area contributed by atoms with Gasteiger partial charge in [0.05, 0.1) is 11.0 Å². The fourth-order valence-corrected chi connectivity index (χ4v) is 4.95. The average molecular weight is 341 g/mol. The first-order valence-electron chi connectivity index (χ1n) is 5.91. The Balaban J connectivity index is 2.06. The normalized spacial score (nSPS) is 23.1. The zero-order valence-electron chi connectivity index (χ0n) is 10.3. The van der Waals surface area contributed by atoms with E-state index in [1.54, 1.807) is 0 Å². The SMILES string of the molecule is O=[N+]([O-])c1cc(S(=O)(=O)NCC2CCC(O)C2)sc1Cl. The van der Waals surface area contributed by atoms with Gasteiger partial charge in [-0.2, -0.15) is 0 Å². The van der Waals surface area contributed by atoms with E-state index in [0.29, 0.717) is 24.2 Å². The van der Waals surface area contributed by atoms with E-state index in [1.807, 2.05) is 0 Å². The summed E-state index contributed by atoms with van der Waals surface area (Å²) in [6.45, 7) is 0.211. The van der Waals surface area contributed by atoms with Gasteiger partial charge >= 0.3 is 0 Å². The van der Waals surface area contributed by atoms with Gasteiger partial charge in [-0.3, -0.25) is 10.1 Å². The van der Waals surface area contributed by atoms with Crippen LogP contribution in [0.2, 0.25) is 4.34 Å². The molecule has 2 N–H and O–H groups in total. The molecule has 20 heavy (non-hydrogen) atoms. The lowest BCUT2D eigenvalue weighted by Crippen LogP contribution is -2.28. The standard InChI is InChI=1S/C10H13ClN2O5S2/c11-10-8(13(15)16)4-9(19-10)20(17,18)12-5-6-1-2-7(14)3-6/h4,6-7,12,14H,1-3,5H2. The second kappa shape index (κ2) is 5.94. The second-order valence-electron chi connectivity index (χ2n) is 4.67. The molecule has 1 saturated carbocycles. The van der Waals surface area contributed by atoms with Crippen LogP contribution >= 0.6 is 22.9 Å². The van der Waals surface area contributed by atoms with Gasteiger partial charge in [-0.15, -0.1) is 11.3 Å². The van der Waals surface area contributed by atoms with Crippen molar-refractivity contribution in [2.45, 2.75) is 29.6 Å². The van der Waals surface area contributed by atoms with Gasteiger partial charge in [0.25, 0.3) is 5.69 Å². The zero-order chi connectivity index (χ0) is 14.9. The summed E-state index contributed by atoms with van der Waals surface area (Å²) in [4.78, 5) is 9.93. The molecule has 1 aliphatic carbocycles. The molecule has 0 aliphatic heterocycles. The smallest absolute Gasteiger partial charge is 0.300 e. The molecule has 1 fully saturated rings. The van der Waals surface area contributed by atoms with Crippen molar-refractivity contribution in [3.05, 3.63) is 20.5 Å². The number of nitro groups is 1. The maximum atomic E-state index is 12.0. The minimum Gasteiger partial charge on any atom is -0.393 e. The maximum absolute atomic E-state index is 12.0. The van der Waals surface area contributed by atoms with Crippen LogP contribution in [0.15, 0.2) is 10.3 Å². The summed E-state index contributed by atoms with van der Waals surface area (Å²) >= 11 is 6.30. The molecule has 0 saturated heterocycles. The summed E-state index contributed by atoms with van der Waals surface area (Å²) in [5, 5.41) is 20.0. The number of rotatable bonds is 5. The fraction of sp³-hybridized carbons (Fsp3) is 0.600. The highest BCUT2D eigenvalue weighted by Crippen LogP contribution is 2.36. The van der Waals surface area contributed by atoms with E-state index in [0.717, 1.165) is 12.5 Å². The zero-order valence-corrected chi connectivity index (χ0v) is 12.7. The summed E-state index contributed by atoms with van der Waals surface area (Å²) in [5.41, 5.74) is -0.409. The minimum absolute atomic E-state index is 0.0881.